The zero-order chi connectivity index (χ0) is 26.4. The van der Waals surface area contributed by atoms with Gasteiger partial charge in [-0.05, 0) is 68.4 Å². The predicted octanol–water partition coefficient (Wildman–Crippen LogP) is 8.62. The lowest BCUT2D eigenvalue weighted by molar-refractivity contribution is -0.693. The molecule has 1 aliphatic rings. The third-order valence-corrected chi connectivity index (χ3v) is 7.45. The van der Waals surface area contributed by atoms with Gasteiger partial charge in [-0.1, -0.05) is 72.8 Å². The molecule has 1 aliphatic heterocycles. The molecule has 1 aromatic heterocycles. The minimum atomic E-state index is -0.557. The maximum Gasteiger partial charge on any atom is 0.386 e. The fraction of sp³-hybridized carbons (Fsp3) is 0.114. The Balaban J connectivity index is 1.39. The Morgan fingerprint density at radius 3 is 1.87 bits per heavy atom. The number of fused-ring (bicyclic) bond motifs is 5. The SMILES string of the molecule is CC1(C)Oc2ccccc2-c2oc3ccccc3[n+]2C1c1ccc(N(c2ccccc2)c2ccccc2)cc1. The second kappa shape index (κ2) is 9.17. The van der Waals surface area contributed by atoms with Gasteiger partial charge in [0.2, 0.25) is 11.6 Å². The molecule has 0 saturated heterocycles. The molecular weight excluding hydrogens is 480 g/mol. The van der Waals surface area contributed by atoms with Crippen molar-refractivity contribution in [1.82, 2.24) is 0 Å². The van der Waals surface area contributed by atoms with Crippen LogP contribution >= 0.6 is 0 Å². The van der Waals surface area contributed by atoms with E-state index in [1.807, 2.05) is 42.5 Å². The Kier molecular flexibility index (Phi) is 5.48. The highest BCUT2D eigenvalue weighted by atomic mass is 16.5. The molecule has 1 unspecified atom stereocenters. The normalized spacial score (nSPS) is 15.6. The van der Waals surface area contributed by atoms with Crippen molar-refractivity contribution in [3.8, 4) is 17.2 Å². The molecule has 4 nitrogen and oxygen atoms in total. The van der Waals surface area contributed by atoms with Gasteiger partial charge in [-0.2, -0.15) is 0 Å². The van der Waals surface area contributed by atoms with Crippen LogP contribution in [-0.2, 0) is 0 Å². The lowest BCUT2D eigenvalue weighted by Gasteiger charge is -2.30. The van der Waals surface area contributed by atoms with Gasteiger partial charge in [-0.3, -0.25) is 0 Å². The molecule has 0 saturated carbocycles. The standard InChI is InChI=1S/C35H29N2O2/c1-35(2)33(37-30-18-10-12-20-32(30)38-34(37)29-17-9-11-19-31(29)39-35)25-21-23-28(24-22-25)36(26-13-5-3-6-14-26)27-15-7-4-8-16-27/h3-24,33H,1-2H3/q+1. The largest absolute Gasteiger partial charge is 0.479 e. The summed E-state index contributed by atoms with van der Waals surface area (Å²) in [6, 6.07) is 46.0. The van der Waals surface area contributed by atoms with Crippen molar-refractivity contribution in [2.45, 2.75) is 25.5 Å². The van der Waals surface area contributed by atoms with Crippen LogP contribution in [0, 0.1) is 0 Å². The van der Waals surface area contributed by atoms with E-state index in [1.165, 1.54) is 0 Å². The first-order valence-electron chi connectivity index (χ1n) is 13.3. The molecule has 0 aliphatic carbocycles. The first-order chi connectivity index (χ1) is 19.1. The Labute approximate surface area is 228 Å². The lowest BCUT2D eigenvalue weighted by Crippen LogP contribution is -2.53. The summed E-state index contributed by atoms with van der Waals surface area (Å²) in [6.07, 6.45) is 0. The smallest absolute Gasteiger partial charge is 0.386 e. The molecule has 0 N–H and O–H groups in total. The van der Waals surface area contributed by atoms with Crippen molar-refractivity contribution < 1.29 is 13.7 Å². The summed E-state index contributed by atoms with van der Waals surface area (Å²) in [6.45, 7) is 4.32. The monoisotopic (exact) mass is 509 g/mol. The fourth-order valence-corrected chi connectivity index (χ4v) is 5.79. The van der Waals surface area contributed by atoms with E-state index in [1.54, 1.807) is 0 Å². The van der Waals surface area contributed by atoms with Crippen LogP contribution in [0.3, 0.4) is 0 Å². The van der Waals surface area contributed by atoms with E-state index in [-0.39, 0.29) is 6.04 Å². The zero-order valence-electron chi connectivity index (χ0n) is 22.0. The number of benzene rings is 5. The first-order valence-corrected chi connectivity index (χ1v) is 13.3. The highest BCUT2D eigenvalue weighted by molar-refractivity contribution is 5.77. The molecule has 6 aromatic rings. The average Bonchev–Trinajstić information content (AvgIpc) is 3.30. The molecule has 0 bridgehead atoms. The average molecular weight is 510 g/mol. The Hall–Kier alpha value is -4.83. The third-order valence-electron chi connectivity index (χ3n) is 7.45. The number of hydrogen-bond acceptors (Lipinski definition) is 3. The minimum absolute atomic E-state index is 0.125. The third kappa shape index (κ3) is 3.96. The molecule has 4 heteroatoms. The van der Waals surface area contributed by atoms with Gasteiger partial charge in [0.1, 0.15) is 11.3 Å². The topological polar surface area (TPSA) is 29.5 Å². The fourth-order valence-electron chi connectivity index (χ4n) is 5.79. The lowest BCUT2D eigenvalue weighted by atomic mass is 9.90. The van der Waals surface area contributed by atoms with E-state index in [2.05, 4.69) is 114 Å². The van der Waals surface area contributed by atoms with Crippen LogP contribution in [-0.4, -0.2) is 5.60 Å². The van der Waals surface area contributed by atoms with E-state index < -0.39 is 5.60 Å². The second-order valence-electron chi connectivity index (χ2n) is 10.4. The van der Waals surface area contributed by atoms with Gasteiger partial charge in [-0.25, -0.2) is 0 Å². The Morgan fingerprint density at radius 1 is 0.615 bits per heavy atom. The molecule has 1 atom stereocenters. The number of ether oxygens (including phenoxy) is 1. The highest BCUT2D eigenvalue weighted by Crippen LogP contribution is 2.43. The first kappa shape index (κ1) is 23.3. The van der Waals surface area contributed by atoms with Crippen molar-refractivity contribution in [2.24, 2.45) is 0 Å². The molecule has 0 radical (unpaired) electrons. The molecule has 7 rings (SSSR count). The predicted molar refractivity (Wildman–Crippen MR) is 156 cm³/mol. The molecule has 0 fully saturated rings. The van der Waals surface area contributed by atoms with E-state index in [0.29, 0.717) is 0 Å². The van der Waals surface area contributed by atoms with Gasteiger partial charge in [0, 0.05) is 28.7 Å². The van der Waals surface area contributed by atoms with Gasteiger partial charge in [0.05, 0.1) is 0 Å². The maximum absolute atomic E-state index is 6.73. The number of hydrogen-bond donors (Lipinski definition) is 0. The summed E-state index contributed by atoms with van der Waals surface area (Å²) < 4.78 is 15.5. The van der Waals surface area contributed by atoms with Gasteiger partial charge >= 0.3 is 5.89 Å². The highest BCUT2D eigenvalue weighted by Gasteiger charge is 2.48. The molecule has 39 heavy (non-hydrogen) atoms. The van der Waals surface area contributed by atoms with Crippen molar-refractivity contribution >= 4 is 28.2 Å². The number of rotatable bonds is 4. The summed E-state index contributed by atoms with van der Waals surface area (Å²) in [7, 11) is 0. The second-order valence-corrected chi connectivity index (χ2v) is 10.4. The van der Waals surface area contributed by atoms with E-state index in [4.69, 9.17) is 9.15 Å². The van der Waals surface area contributed by atoms with Crippen LogP contribution in [0.4, 0.5) is 17.1 Å². The number of aromatic nitrogens is 1. The van der Waals surface area contributed by atoms with E-state index in [9.17, 15) is 0 Å². The van der Waals surface area contributed by atoms with Gasteiger partial charge in [0.15, 0.2) is 5.60 Å². The number of para-hydroxylation sites is 5. The summed E-state index contributed by atoms with van der Waals surface area (Å²) in [5.41, 5.74) is 6.78. The number of oxazole rings is 1. The molecule has 190 valence electrons. The van der Waals surface area contributed by atoms with Crippen LogP contribution in [0.15, 0.2) is 138 Å². The molecular formula is C35H29N2O2+. The molecule has 0 amide bonds. The van der Waals surface area contributed by atoms with Crippen LogP contribution < -0.4 is 14.2 Å². The number of anilines is 3. The quantitative estimate of drug-likeness (QED) is 0.223. The van der Waals surface area contributed by atoms with Crippen LogP contribution in [0.1, 0.15) is 25.5 Å². The minimum Gasteiger partial charge on any atom is -0.479 e. The van der Waals surface area contributed by atoms with Crippen LogP contribution in [0.2, 0.25) is 0 Å². The van der Waals surface area contributed by atoms with Crippen molar-refractivity contribution in [3.05, 3.63) is 139 Å². The van der Waals surface area contributed by atoms with Crippen molar-refractivity contribution in [3.63, 3.8) is 0 Å². The van der Waals surface area contributed by atoms with Crippen molar-refractivity contribution in [2.75, 3.05) is 4.90 Å². The van der Waals surface area contributed by atoms with E-state index >= 15 is 0 Å². The summed E-state index contributed by atoms with van der Waals surface area (Å²) in [5, 5.41) is 0. The molecule has 0 spiro atoms. The van der Waals surface area contributed by atoms with Crippen LogP contribution in [0.5, 0.6) is 5.75 Å². The van der Waals surface area contributed by atoms with Crippen LogP contribution in [0.25, 0.3) is 22.6 Å². The Morgan fingerprint density at radius 2 is 1.18 bits per heavy atom. The Bertz CT molecular complexity index is 1720. The summed E-state index contributed by atoms with van der Waals surface area (Å²) >= 11 is 0. The maximum atomic E-state index is 6.73. The zero-order valence-corrected chi connectivity index (χ0v) is 22.0. The van der Waals surface area contributed by atoms with E-state index in [0.717, 1.165) is 50.9 Å². The van der Waals surface area contributed by atoms with Gasteiger partial charge in [0.25, 0.3) is 5.52 Å². The van der Waals surface area contributed by atoms with Crippen molar-refractivity contribution in [1.29, 1.82) is 0 Å². The van der Waals surface area contributed by atoms with Gasteiger partial charge in [-0.15, -0.1) is 4.57 Å². The summed E-state index contributed by atoms with van der Waals surface area (Å²) in [5.74, 6) is 1.63. The summed E-state index contributed by atoms with van der Waals surface area (Å²) in [4.78, 5) is 2.28. The molecule has 5 aromatic carbocycles. The van der Waals surface area contributed by atoms with Gasteiger partial charge < -0.3 is 14.1 Å². The number of nitrogens with zero attached hydrogens (tertiary/aromatic N) is 2. The molecule has 2 heterocycles.